The third-order valence-corrected chi connectivity index (χ3v) is 5.69. The first kappa shape index (κ1) is 23.2. The molecule has 0 radical (unpaired) electrons. The van der Waals surface area contributed by atoms with Gasteiger partial charge in [-0.15, -0.1) is 0 Å². The molecule has 0 aliphatic carbocycles. The predicted molar refractivity (Wildman–Crippen MR) is 111 cm³/mol. The molecular formula is C20H24N2O7S. The van der Waals surface area contributed by atoms with E-state index in [4.69, 9.17) is 14.2 Å². The van der Waals surface area contributed by atoms with Crippen LogP contribution in [-0.2, 0) is 19.6 Å². The number of sulfonamides is 1. The highest BCUT2D eigenvalue weighted by molar-refractivity contribution is 7.88. The number of carbonyl (C=O) groups excluding carboxylic acids is 2. The number of rotatable bonds is 8. The van der Waals surface area contributed by atoms with Gasteiger partial charge in [0.05, 0.1) is 38.8 Å². The molecule has 9 nitrogen and oxygen atoms in total. The molecule has 0 bridgehead atoms. The number of esters is 1. The maximum atomic E-state index is 13.2. The molecule has 1 N–H and O–H groups in total. The van der Waals surface area contributed by atoms with Crippen LogP contribution in [0.5, 0.6) is 11.5 Å². The lowest BCUT2D eigenvalue weighted by Gasteiger charge is -2.26. The fourth-order valence-electron chi connectivity index (χ4n) is 2.82. The Hall–Kier alpha value is -3.11. The van der Waals surface area contributed by atoms with Gasteiger partial charge in [-0.1, -0.05) is 30.3 Å². The minimum absolute atomic E-state index is 0.0253. The molecule has 0 saturated carbocycles. The number of carbonyl (C=O) groups is 2. The Kier molecular flexibility index (Phi) is 7.41. The van der Waals surface area contributed by atoms with Gasteiger partial charge in [0.1, 0.15) is 6.04 Å². The summed E-state index contributed by atoms with van der Waals surface area (Å²) in [6.07, 6.45) is 1.01. The SMILES string of the molecule is COC(=O)c1cc(OC)c(OC)cc1NC(=O)[C@H](c1ccccc1)N(C)S(C)(=O)=O. The van der Waals surface area contributed by atoms with Crippen molar-refractivity contribution in [2.75, 3.05) is 39.9 Å². The second-order valence-electron chi connectivity index (χ2n) is 6.33. The van der Waals surface area contributed by atoms with Gasteiger partial charge in [0.15, 0.2) is 11.5 Å². The van der Waals surface area contributed by atoms with Crippen LogP contribution in [0.3, 0.4) is 0 Å². The Labute approximate surface area is 175 Å². The Morgan fingerprint density at radius 2 is 1.57 bits per heavy atom. The number of hydrogen-bond donors (Lipinski definition) is 1. The Morgan fingerprint density at radius 3 is 2.07 bits per heavy atom. The average molecular weight is 436 g/mol. The summed E-state index contributed by atoms with van der Waals surface area (Å²) in [7, 11) is 1.62. The van der Waals surface area contributed by atoms with Crippen LogP contribution in [0.4, 0.5) is 5.69 Å². The maximum Gasteiger partial charge on any atom is 0.340 e. The second-order valence-corrected chi connectivity index (χ2v) is 8.37. The van der Waals surface area contributed by atoms with Crippen LogP contribution in [0.25, 0.3) is 0 Å². The Morgan fingerprint density at radius 1 is 1.00 bits per heavy atom. The predicted octanol–water partition coefficient (Wildman–Crippen LogP) is 2.06. The van der Waals surface area contributed by atoms with Crippen molar-refractivity contribution >= 4 is 27.6 Å². The fraction of sp³-hybridized carbons (Fsp3) is 0.300. The van der Waals surface area contributed by atoms with Crippen molar-refractivity contribution in [2.45, 2.75) is 6.04 Å². The standard InChI is InChI=1S/C20H24N2O7S/c1-22(30(5,25)26)18(13-9-7-6-8-10-13)19(23)21-15-12-17(28-3)16(27-2)11-14(15)20(24)29-4/h6-12,18H,1-5H3,(H,21,23)/t18-/m0/s1. The largest absolute Gasteiger partial charge is 0.493 e. The van der Waals surface area contributed by atoms with E-state index in [-0.39, 0.29) is 22.7 Å². The van der Waals surface area contributed by atoms with Crippen LogP contribution >= 0.6 is 0 Å². The molecule has 2 aromatic rings. The fourth-order valence-corrected chi connectivity index (χ4v) is 3.42. The Bertz CT molecular complexity index is 1020. The van der Waals surface area contributed by atoms with E-state index >= 15 is 0 Å². The zero-order chi connectivity index (χ0) is 22.5. The van der Waals surface area contributed by atoms with Crippen LogP contribution in [0.15, 0.2) is 42.5 Å². The molecule has 10 heteroatoms. The number of hydrogen-bond acceptors (Lipinski definition) is 7. The van der Waals surface area contributed by atoms with E-state index < -0.39 is 27.9 Å². The summed E-state index contributed by atoms with van der Waals surface area (Å²) in [6, 6.07) is 10.0. The van der Waals surface area contributed by atoms with Gasteiger partial charge in [-0.25, -0.2) is 13.2 Å². The van der Waals surface area contributed by atoms with Crippen molar-refractivity contribution in [3.63, 3.8) is 0 Å². The number of amides is 1. The van der Waals surface area contributed by atoms with Gasteiger partial charge >= 0.3 is 5.97 Å². The van der Waals surface area contributed by atoms with Crippen LogP contribution in [0.2, 0.25) is 0 Å². The molecule has 0 fully saturated rings. The summed E-state index contributed by atoms with van der Waals surface area (Å²) in [5.41, 5.74) is 0.577. The summed E-state index contributed by atoms with van der Waals surface area (Å²) < 4.78 is 40.5. The molecule has 2 aromatic carbocycles. The summed E-state index contributed by atoms with van der Waals surface area (Å²) >= 11 is 0. The van der Waals surface area contributed by atoms with E-state index in [1.165, 1.54) is 40.5 Å². The van der Waals surface area contributed by atoms with Gasteiger partial charge in [-0.05, 0) is 5.56 Å². The number of benzene rings is 2. The van der Waals surface area contributed by atoms with Crippen molar-refractivity contribution in [2.24, 2.45) is 0 Å². The number of likely N-dealkylation sites (N-methyl/N-ethyl adjacent to an activating group) is 1. The second kappa shape index (κ2) is 9.59. The lowest BCUT2D eigenvalue weighted by Crippen LogP contribution is -2.38. The average Bonchev–Trinajstić information content (AvgIpc) is 2.73. The number of anilines is 1. The molecule has 0 saturated heterocycles. The lowest BCUT2D eigenvalue weighted by molar-refractivity contribution is -0.119. The highest BCUT2D eigenvalue weighted by Crippen LogP contribution is 2.34. The molecular weight excluding hydrogens is 412 g/mol. The van der Waals surface area contributed by atoms with Crippen LogP contribution < -0.4 is 14.8 Å². The normalized spacial score (nSPS) is 12.2. The summed E-state index contributed by atoms with van der Waals surface area (Å²) in [4.78, 5) is 25.4. The molecule has 0 aromatic heterocycles. The summed E-state index contributed by atoms with van der Waals surface area (Å²) in [5, 5.41) is 2.62. The molecule has 0 spiro atoms. The minimum Gasteiger partial charge on any atom is -0.493 e. The van der Waals surface area contributed by atoms with Crippen LogP contribution in [-0.4, -0.2) is 59.2 Å². The van der Waals surface area contributed by atoms with Gasteiger partial charge in [0, 0.05) is 19.2 Å². The maximum absolute atomic E-state index is 13.2. The van der Waals surface area contributed by atoms with E-state index in [9.17, 15) is 18.0 Å². The molecule has 30 heavy (non-hydrogen) atoms. The number of nitrogens with zero attached hydrogens (tertiary/aromatic N) is 1. The van der Waals surface area contributed by atoms with Gasteiger partial charge in [-0.3, -0.25) is 4.79 Å². The van der Waals surface area contributed by atoms with E-state index in [0.717, 1.165) is 10.6 Å². The van der Waals surface area contributed by atoms with Gasteiger partial charge in [-0.2, -0.15) is 4.31 Å². The molecule has 0 aliphatic heterocycles. The molecule has 162 valence electrons. The number of ether oxygens (including phenoxy) is 3. The molecule has 0 unspecified atom stereocenters. The Balaban J connectivity index is 2.55. The third kappa shape index (κ3) is 5.08. The van der Waals surface area contributed by atoms with E-state index in [0.29, 0.717) is 5.56 Å². The molecule has 2 rings (SSSR count). The van der Waals surface area contributed by atoms with Crippen LogP contribution in [0, 0.1) is 0 Å². The number of nitrogens with one attached hydrogen (secondary N) is 1. The smallest absolute Gasteiger partial charge is 0.340 e. The first-order valence-electron chi connectivity index (χ1n) is 8.77. The highest BCUT2D eigenvalue weighted by atomic mass is 32.2. The van der Waals surface area contributed by atoms with Gasteiger partial charge in [0.2, 0.25) is 15.9 Å². The van der Waals surface area contributed by atoms with Crippen molar-refractivity contribution in [3.05, 3.63) is 53.6 Å². The van der Waals surface area contributed by atoms with Crippen molar-refractivity contribution in [1.29, 1.82) is 0 Å². The van der Waals surface area contributed by atoms with Crippen molar-refractivity contribution < 1.29 is 32.2 Å². The third-order valence-electron chi connectivity index (χ3n) is 4.44. The summed E-state index contributed by atoms with van der Waals surface area (Å²) in [5.74, 6) is -0.831. The van der Waals surface area contributed by atoms with E-state index in [1.54, 1.807) is 30.3 Å². The molecule has 0 heterocycles. The first-order valence-corrected chi connectivity index (χ1v) is 10.6. The highest BCUT2D eigenvalue weighted by Gasteiger charge is 2.32. The van der Waals surface area contributed by atoms with E-state index in [2.05, 4.69) is 5.32 Å². The lowest BCUT2D eigenvalue weighted by atomic mass is 10.1. The topological polar surface area (TPSA) is 111 Å². The van der Waals surface area contributed by atoms with E-state index in [1.807, 2.05) is 0 Å². The summed E-state index contributed by atoms with van der Waals surface area (Å²) in [6.45, 7) is 0. The van der Waals surface area contributed by atoms with Crippen LogP contribution in [0.1, 0.15) is 22.0 Å². The van der Waals surface area contributed by atoms with Crippen molar-refractivity contribution in [1.82, 2.24) is 4.31 Å². The first-order chi connectivity index (χ1) is 14.1. The van der Waals surface area contributed by atoms with Crippen molar-refractivity contribution in [3.8, 4) is 11.5 Å². The zero-order valence-corrected chi connectivity index (χ0v) is 18.1. The van der Waals surface area contributed by atoms with Gasteiger partial charge in [0.25, 0.3) is 0 Å². The molecule has 0 aliphatic rings. The molecule has 1 amide bonds. The number of methoxy groups -OCH3 is 3. The monoisotopic (exact) mass is 436 g/mol. The zero-order valence-electron chi connectivity index (χ0n) is 17.3. The minimum atomic E-state index is -3.71. The quantitative estimate of drug-likeness (QED) is 0.631. The van der Waals surface area contributed by atoms with Gasteiger partial charge < -0.3 is 19.5 Å². The molecule has 1 atom stereocenters.